The first kappa shape index (κ1) is 22.4. The highest BCUT2D eigenvalue weighted by Gasteiger charge is 2.35. The minimum atomic E-state index is -4.67. The average molecular weight is 450 g/mol. The third-order valence-corrected chi connectivity index (χ3v) is 4.18. The van der Waals surface area contributed by atoms with Crippen LogP contribution in [0.5, 0.6) is 5.75 Å². The Morgan fingerprint density at radius 1 is 1.23 bits per heavy atom. The Bertz CT molecular complexity index is 975. The van der Waals surface area contributed by atoms with E-state index in [-0.39, 0.29) is 12.1 Å². The van der Waals surface area contributed by atoms with Crippen LogP contribution in [-0.2, 0) is 16.6 Å². The van der Waals surface area contributed by atoms with Crippen LogP contribution in [0, 0.1) is 5.82 Å². The second kappa shape index (κ2) is 8.86. The molecule has 0 aliphatic carbocycles. The van der Waals surface area contributed by atoms with Gasteiger partial charge in [-0.15, -0.1) is 0 Å². The number of aromatic nitrogens is 2. The number of ether oxygens (including phenoxy) is 2. The van der Waals surface area contributed by atoms with Crippen LogP contribution in [0.2, 0.25) is 0 Å². The zero-order valence-electron chi connectivity index (χ0n) is 15.9. The number of carbonyl (C=O) groups is 1. The van der Waals surface area contributed by atoms with Crippen molar-refractivity contribution in [1.82, 2.24) is 9.78 Å². The van der Waals surface area contributed by atoms with Gasteiger partial charge < -0.3 is 9.47 Å². The lowest BCUT2D eigenvalue weighted by molar-refractivity contribution is -0.153. The van der Waals surface area contributed by atoms with Crippen molar-refractivity contribution in [1.29, 1.82) is 0 Å². The van der Waals surface area contributed by atoms with Crippen LogP contribution in [0.1, 0.15) is 18.2 Å². The van der Waals surface area contributed by atoms with E-state index in [2.05, 4.69) is 14.8 Å². The zero-order chi connectivity index (χ0) is 22.8. The van der Waals surface area contributed by atoms with E-state index in [0.717, 1.165) is 23.1 Å². The fourth-order valence-corrected chi connectivity index (χ4v) is 2.88. The number of nitrogens with zero attached hydrogens (tertiary/aromatic N) is 4. The molecule has 13 heteroatoms. The van der Waals surface area contributed by atoms with Crippen molar-refractivity contribution in [3.05, 3.63) is 42.0 Å². The molecule has 0 fully saturated rings. The van der Waals surface area contributed by atoms with E-state index in [1.54, 1.807) is 13.1 Å². The van der Waals surface area contributed by atoms with E-state index in [9.17, 15) is 31.1 Å². The number of hydrogen-bond donors (Lipinski definition) is 0. The zero-order valence-corrected chi connectivity index (χ0v) is 15.9. The molecule has 0 spiro atoms. The lowest BCUT2D eigenvalue weighted by atomic mass is 10.1. The molecule has 0 saturated carbocycles. The molecule has 7 nitrogen and oxygen atoms in total. The Hall–Kier alpha value is -3.25. The Kier molecular flexibility index (Phi) is 6.41. The Labute approximate surface area is 171 Å². The van der Waals surface area contributed by atoms with Crippen LogP contribution in [0.25, 0.3) is 0 Å². The van der Waals surface area contributed by atoms with Crippen molar-refractivity contribution >= 4 is 17.6 Å². The summed E-state index contributed by atoms with van der Waals surface area (Å²) in [6.45, 7) is -2.78. The van der Waals surface area contributed by atoms with E-state index >= 15 is 0 Å². The lowest BCUT2D eigenvalue weighted by Gasteiger charge is -2.30. The van der Waals surface area contributed by atoms with Gasteiger partial charge in [0.2, 0.25) is 5.91 Å². The maximum absolute atomic E-state index is 14.3. The molecule has 1 atom stereocenters. The van der Waals surface area contributed by atoms with Gasteiger partial charge in [-0.25, -0.2) is 23.1 Å². The fraction of sp³-hybridized carbons (Fsp3) is 0.389. The molecule has 2 aromatic rings. The number of aliphatic imine (C=N–C) groups is 1. The molecule has 1 aromatic carbocycles. The number of anilines is 1. The normalized spacial score (nSPS) is 17.2. The second-order valence-electron chi connectivity index (χ2n) is 6.46. The number of aryl methyl sites for hydroxylation is 1. The number of amidine groups is 1. The molecule has 0 radical (unpaired) electrons. The van der Waals surface area contributed by atoms with Crippen molar-refractivity contribution in [2.24, 2.45) is 12.0 Å². The summed E-state index contributed by atoms with van der Waals surface area (Å²) in [6.07, 6.45) is -6.27. The molecular weight excluding hydrogens is 434 g/mol. The maximum Gasteiger partial charge on any atom is 0.422 e. The number of alkyl halides is 5. The van der Waals surface area contributed by atoms with E-state index in [1.165, 1.54) is 10.9 Å². The van der Waals surface area contributed by atoms with Crippen molar-refractivity contribution in [2.45, 2.75) is 25.1 Å². The van der Waals surface area contributed by atoms with E-state index in [4.69, 9.17) is 4.74 Å². The summed E-state index contributed by atoms with van der Waals surface area (Å²) >= 11 is 0. The highest BCUT2D eigenvalue weighted by atomic mass is 19.4. The molecule has 2 heterocycles. The highest BCUT2D eigenvalue weighted by Crippen LogP contribution is 2.32. The van der Waals surface area contributed by atoms with Gasteiger partial charge in [0.15, 0.2) is 24.8 Å². The molecule has 1 aliphatic rings. The standard InChI is InChI=1S/C18H16F6N4O3/c1-27-13(4-5-25-27)12-7-16(29)28(17(26-12)30-8-15(20)21)10-2-3-14(11(19)6-10)31-9-18(22,23)24/h2-6,12,15H,7-9H2,1H3. The molecule has 0 saturated heterocycles. The van der Waals surface area contributed by atoms with E-state index in [0.29, 0.717) is 5.69 Å². The van der Waals surface area contributed by atoms with Crippen molar-refractivity contribution in [2.75, 3.05) is 18.1 Å². The monoisotopic (exact) mass is 450 g/mol. The molecular formula is C18H16F6N4O3. The fourth-order valence-electron chi connectivity index (χ4n) is 2.88. The molecule has 1 amide bonds. The molecule has 0 N–H and O–H groups in total. The summed E-state index contributed by atoms with van der Waals surface area (Å²) in [7, 11) is 1.61. The smallest absolute Gasteiger partial charge is 0.422 e. The van der Waals surface area contributed by atoms with E-state index in [1.807, 2.05) is 0 Å². The predicted molar refractivity (Wildman–Crippen MR) is 95.4 cm³/mol. The third-order valence-electron chi connectivity index (χ3n) is 4.18. The molecule has 1 aliphatic heterocycles. The summed E-state index contributed by atoms with van der Waals surface area (Å²) in [5.74, 6) is -2.52. The van der Waals surface area contributed by atoms with Gasteiger partial charge in [-0.3, -0.25) is 9.48 Å². The second-order valence-corrected chi connectivity index (χ2v) is 6.46. The summed E-state index contributed by atoms with van der Waals surface area (Å²) in [5.41, 5.74) is 0.353. The largest absolute Gasteiger partial charge is 0.481 e. The number of benzene rings is 1. The van der Waals surface area contributed by atoms with Crippen LogP contribution >= 0.6 is 0 Å². The number of carbonyl (C=O) groups excluding carboxylic acids is 1. The first-order chi connectivity index (χ1) is 14.5. The average Bonchev–Trinajstić information content (AvgIpc) is 3.10. The number of rotatable bonds is 6. The predicted octanol–water partition coefficient (Wildman–Crippen LogP) is 3.62. The van der Waals surface area contributed by atoms with Crippen LogP contribution in [0.15, 0.2) is 35.5 Å². The first-order valence-electron chi connectivity index (χ1n) is 8.84. The summed E-state index contributed by atoms with van der Waals surface area (Å²) in [5, 5.41) is 3.97. The summed E-state index contributed by atoms with van der Waals surface area (Å²) in [6, 6.07) is 3.04. The molecule has 168 valence electrons. The topological polar surface area (TPSA) is 69.0 Å². The SMILES string of the molecule is Cn1nccc1C1CC(=O)N(c2ccc(OCC(F)(F)F)c(F)c2)C(OCC(F)F)=N1. The van der Waals surface area contributed by atoms with Crippen molar-refractivity contribution in [3.8, 4) is 5.75 Å². The summed E-state index contributed by atoms with van der Waals surface area (Å²) in [4.78, 5) is 17.7. The Balaban J connectivity index is 1.91. The van der Waals surface area contributed by atoms with Gasteiger partial charge in [-0.1, -0.05) is 0 Å². The van der Waals surface area contributed by atoms with Gasteiger partial charge in [0, 0.05) is 19.3 Å². The van der Waals surface area contributed by atoms with Gasteiger partial charge in [0.25, 0.3) is 12.4 Å². The van der Waals surface area contributed by atoms with Gasteiger partial charge in [0.1, 0.15) is 6.04 Å². The lowest BCUT2D eigenvalue weighted by Crippen LogP contribution is -2.43. The number of hydrogen-bond acceptors (Lipinski definition) is 5. The molecule has 1 unspecified atom stereocenters. The van der Waals surface area contributed by atoms with Crippen LogP contribution in [-0.4, -0.2) is 47.5 Å². The molecule has 1 aromatic heterocycles. The first-order valence-corrected chi connectivity index (χ1v) is 8.84. The van der Waals surface area contributed by atoms with Crippen LogP contribution in [0.4, 0.5) is 32.0 Å². The van der Waals surface area contributed by atoms with Gasteiger partial charge in [-0.05, 0) is 18.2 Å². The van der Waals surface area contributed by atoms with Gasteiger partial charge in [0.05, 0.1) is 17.8 Å². The summed E-state index contributed by atoms with van der Waals surface area (Å²) < 4.78 is 87.3. The highest BCUT2D eigenvalue weighted by molar-refractivity contribution is 6.15. The van der Waals surface area contributed by atoms with Gasteiger partial charge >= 0.3 is 6.18 Å². The van der Waals surface area contributed by atoms with Crippen molar-refractivity contribution in [3.63, 3.8) is 0 Å². The van der Waals surface area contributed by atoms with Crippen LogP contribution in [0.3, 0.4) is 0 Å². The quantitative estimate of drug-likeness (QED) is 0.631. The van der Waals surface area contributed by atoms with Gasteiger partial charge in [-0.2, -0.15) is 18.3 Å². The van der Waals surface area contributed by atoms with Crippen LogP contribution < -0.4 is 9.64 Å². The molecule has 0 bridgehead atoms. The minimum Gasteiger partial charge on any atom is -0.481 e. The van der Waals surface area contributed by atoms with E-state index < -0.39 is 55.4 Å². The maximum atomic E-state index is 14.3. The van der Waals surface area contributed by atoms with Crippen molar-refractivity contribution < 1.29 is 40.6 Å². The third kappa shape index (κ3) is 5.47. The number of amides is 1. The Morgan fingerprint density at radius 2 is 1.97 bits per heavy atom. The Morgan fingerprint density at radius 3 is 2.55 bits per heavy atom. The minimum absolute atomic E-state index is 0.168. The molecule has 3 rings (SSSR count). The molecule has 31 heavy (non-hydrogen) atoms. The number of halogens is 6.